The van der Waals surface area contributed by atoms with Crippen molar-refractivity contribution < 1.29 is 9.53 Å². The Labute approximate surface area is 107 Å². The summed E-state index contributed by atoms with van der Waals surface area (Å²) in [6, 6.07) is 8.06. The van der Waals surface area contributed by atoms with Crippen LogP contribution in [0.2, 0.25) is 0 Å². The molecule has 0 radical (unpaired) electrons. The molecule has 1 aliphatic carbocycles. The summed E-state index contributed by atoms with van der Waals surface area (Å²) < 4.78 is 4.96. The van der Waals surface area contributed by atoms with Gasteiger partial charge >= 0.3 is 5.97 Å². The third-order valence-electron chi connectivity index (χ3n) is 4.00. The summed E-state index contributed by atoms with van der Waals surface area (Å²) in [5.74, 6) is 1.10. The second kappa shape index (κ2) is 4.28. The summed E-state index contributed by atoms with van der Waals surface area (Å²) in [5.41, 5.74) is 7.70. The van der Waals surface area contributed by atoms with E-state index in [2.05, 4.69) is 4.90 Å². The molecule has 4 nitrogen and oxygen atoms in total. The standard InChI is InChI=1S/C14H18N2O2/c1-2-18-14(17)9-3-5-10(6-4-9)16-7-11-12(8-16)13(11)15/h3-6,11-13H,2,7-8,15H2,1H3. The fourth-order valence-electron chi connectivity index (χ4n) is 2.81. The van der Waals surface area contributed by atoms with Gasteiger partial charge in [0.2, 0.25) is 0 Å². The predicted molar refractivity (Wildman–Crippen MR) is 69.6 cm³/mol. The molecule has 2 aliphatic rings. The minimum absolute atomic E-state index is 0.254. The fraction of sp³-hybridized carbons (Fsp3) is 0.500. The van der Waals surface area contributed by atoms with Gasteiger partial charge < -0.3 is 15.4 Å². The van der Waals surface area contributed by atoms with Crippen LogP contribution < -0.4 is 10.6 Å². The molecule has 1 saturated carbocycles. The van der Waals surface area contributed by atoms with Crippen molar-refractivity contribution >= 4 is 11.7 Å². The molecule has 1 aromatic carbocycles. The summed E-state index contributed by atoms with van der Waals surface area (Å²) in [4.78, 5) is 13.9. The lowest BCUT2D eigenvalue weighted by Gasteiger charge is -2.21. The minimum atomic E-state index is -0.254. The first kappa shape index (κ1) is 11.5. The van der Waals surface area contributed by atoms with Crippen molar-refractivity contribution in [3.05, 3.63) is 29.8 Å². The van der Waals surface area contributed by atoms with Crippen LogP contribution in [0.3, 0.4) is 0 Å². The molecule has 1 aromatic rings. The van der Waals surface area contributed by atoms with Gasteiger partial charge in [-0.25, -0.2) is 4.79 Å². The van der Waals surface area contributed by atoms with Crippen LogP contribution in [0.5, 0.6) is 0 Å². The molecule has 0 aromatic heterocycles. The summed E-state index contributed by atoms with van der Waals surface area (Å²) in [7, 11) is 0. The number of nitrogens with two attached hydrogens (primary N) is 1. The van der Waals surface area contributed by atoms with Crippen LogP contribution in [0.4, 0.5) is 5.69 Å². The van der Waals surface area contributed by atoms with Gasteiger partial charge in [0.25, 0.3) is 0 Å². The van der Waals surface area contributed by atoms with E-state index in [1.165, 1.54) is 5.69 Å². The van der Waals surface area contributed by atoms with E-state index in [-0.39, 0.29) is 5.97 Å². The molecule has 3 rings (SSSR count). The van der Waals surface area contributed by atoms with Gasteiger partial charge in [-0.05, 0) is 43.0 Å². The number of anilines is 1. The van der Waals surface area contributed by atoms with E-state index < -0.39 is 0 Å². The van der Waals surface area contributed by atoms with Crippen molar-refractivity contribution in [2.45, 2.75) is 13.0 Å². The molecule has 1 saturated heterocycles. The van der Waals surface area contributed by atoms with E-state index in [9.17, 15) is 4.79 Å². The number of fused-ring (bicyclic) bond motifs is 1. The Balaban J connectivity index is 1.67. The average Bonchev–Trinajstić information content (AvgIpc) is 2.81. The number of piperidine rings is 1. The van der Waals surface area contributed by atoms with E-state index in [0.717, 1.165) is 13.1 Å². The minimum Gasteiger partial charge on any atom is -0.462 e. The van der Waals surface area contributed by atoms with Gasteiger partial charge in [-0.2, -0.15) is 0 Å². The van der Waals surface area contributed by atoms with E-state index in [1.807, 2.05) is 31.2 Å². The Kier molecular flexibility index (Phi) is 2.74. The zero-order valence-corrected chi connectivity index (χ0v) is 10.5. The molecule has 2 fully saturated rings. The van der Waals surface area contributed by atoms with Crippen LogP contribution in [-0.4, -0.2) is 31.7 Å². The van der Waals surface area contributed by atoms with Crippen LogP contribution in [-0.2, 0) is 4.74 Å². The van der Waals surface area contributed by atoms with Gasteiger partial charge in [-0.15, -0.1) is 0 Å². The predicted octanol–water partition coefficient (Wildman–Crippen LogP) is 1.26. The molecule has 1 heterocycles. The maximum absolute atomic E-state index is 11.5. The molecule has 18 heavy (non-hydrogen) atoms. The number of benzene rings is 1. The van der Waals surface area contributed by atoms with E-state index in [0.29, 0.717) is 30.0 Å². The van der Waals surface area contributed by atoms with Crippen molar-refractivity contribution in [1.82, 2.24) is 0 Å². The topological polar surface area (TPSA) is 55.6 Å². The number of hydrogen-bond donors (Lipinski definition) is 1. The second-order valence-electron chi connectivity index (χ2n) is 5.08. The molecule has 2 N–H and O–H groups in total. The SMILES string of the molecule is CCOC(=O)c1ccc(N2CC3C(N)C3C2)cc1. The quantitative estimate of drug-likeness (QED) is 0.816. The Bertz CT molecular complexity index is 445. The van der Waals surface area contributed by atoms with Crippen LogP contribution in [0, 0.1) is 11.8 Å². The first-order valence-corrected chi connectivity index (χ1v) is 6.48. The highest BCUT2D eigenvalue weighted by Gasteiger charge is 2.53. The van der Waals surface area contributed by atoms with Crippen molar-refractivity contribution in [3.8, 4) is 0 Å². The molecular formula is C14H18N2O2. The molecule has 2 atom stereocenters. The smallest absolute Gasteiger partial charge is 0.338 e. The van der Waals surface area contributed by atoms with E-state index >= 15 is 0 Å². The second-order valence-corrected chi connectivity index (χ2v) is 5.08. The molecule has 1 aliphatic heterocycles. The van der Waals surface area contributed by atoms with Crippen molar-refractivity contribution in [3.63, 3.8) is 0 Å². The first-order valence-electron chi connectivity index (χ1n) is 6.48. The van der Waals surface area contributed by atoms with Crippen molar-refractivity contribution in [2.24, 2.45) is 17.6 Å². The number of nitrogens with zero attached hydrogens (tertiary/aromatic N) is 1. The third-order valence-corrected chi connectivity index (χ3v) is 4.00. The monoisotopic (exact) mass is 246 g/mol. The Morgan fingerprint density at radius 3 is 2.50 bits per heavy atom. The summed E-state index contributed by atoms with van der Waals surface area (Å²) >= 11 is 0. The van der Waals surface area contributed by atoms with Crippen LogP contribution in [0.15, 0.2) is 24.3 Å². The largest absolute Gasteiger partial charge is 0.462 e. The molecule has 96 valence electrons. The van der Waals surface area contributed by atoms with Gasteiger partial charge in [0.15, 0.2) is 0 Å². The van der Waals surface area contributed by atoms with Gasteiger partial charge in [0.05, 0.1) is 12.2 Å². The lowest BCUT2D eigenvalue weighted by molar-refractivity contribution is 0.0526. The van der Waals surface area contributed by atoms with E-state index in [4.69, 9.17) is 10.5 Å². The molecule has 2 unspecified atom stereocenters. The Morgan fingerprint density at radius 2 is 1.94 bits per heavy atom. The normalized spacial score (nSPS) is 29.0. The molecule has 0 amide bonds. The maximum Gasteiger partial charge on any atom is 0.338 e. The zero-order valence-electron chi connectivity index (χ0n) is 10.5. The number of hydrogen-bond acceptors (Lipinski definition) is 4. The van der Waals surface area contributed by atoms with Crippen molar-refractivity contribution in [1.29, 1.82) is 0 Å². The average molecular weight is 246 g/mol. The number of carbonyl (C=O) groups is 1. The van der Waals surface area contributed by atoms with Crippen LogP contribution in [0.1, 0.15) is 17.3 Å². The number of esters is 1. The molecule has 4 heteroatoms. The Morgan fingerprint density at radius 1 is 1.33 bits per heavy atom. The zero-order chi connectivity index (χ0) is 12.7. The summed E-state index contributed by atoms with van der Waals surface area (Å²) in [6.07, 6.45) is 0. The van der Waals surface area contributed by atoms with Crippen LogP contribution >= 0.6 is 0 Å². The van der Waals surface area contributed by atoms with Crippen molar-refractivity contribution in [2.75, 3.05) is 24.6 Å². The summed E-state index contributed by atoms with van der Waals surface area (Å²) in [6.45, 7) is 4.31. The third kappa shape index (κ3) is 1.86. The number of ether oxygens (including phenoxy) is 1. The van der Waals surface area contributed by atoms with Gasteiger partial charge in [-0.1, -0.05) is 0 Å². The highest BCUT2D eigenvalue weighted by Crippen LogP contribution is 2.45. The molecular weight excluding hydrogens is 228 g/mol. The molecule has 0 bridgehead atoms. The fourth-order valence-corrected chi connectivity index (χ4v) is 2.81. The summed E-state index contributed by atoms with van der Waals surface area (Å²) in [5, 5.41) is 0. The van der Waals surface area contributed by atoms with Gasteiger partial charge in [0, 0.05) is 24.8 Å². The highest BCUT2D eigenvalue weighted by atomic mass is 16.5. The Hall–Kier alpha value is -1.55. The maximum atomic E-state index is 11.5. The lowest BCUT2D eigenvalue weighted by Crippen LogP contribution is -2.27. The molecule has 0 spiro atoms. The van der Waals surface area contributed by atoms with Crippen LogP contribution in [0.25, 0.3) is 0 Å². The lowest BCUT2D eigenvalue weighted by atomic mass is 10.2. The van der Waals surface area contributed by atoms with E-state index in [1.54, 1.807) is 0 Å². The highest BCUT2D eigenvalue weighted by molar-refractivity contribution is 5.89. The van der Waals surface area contributed by atoms with Gasteiger partial charge in [0.1, 0.15) is 0 Å². The van der Waals surface area contributed by atoms with Gasteiger partial charge in [-0.3, -0.25) is 0 Å². The number of carbonyl (C=O) groups excluding carboxylic acids is 1. The number of rotatable bonds is 3. The first-order chi connectivity index (χ1) is 8.70.